The minimum Gasteiger partial charge on any atom is -0.340 e. The highest BCUT2D eigenvalue weighted by molar-refractivity contribution is 5.79. The summed E-state index contributed by atoms with van der Waals surface area (Å²) in [7, 11) is 1.90. The molecule has 5 nitrogen and oxygen atoms in total. The van der Waals surface area contributed by atoms with Crippen LogP contribution in [0.4, 0.5) is 9.18 Å². The number of amides is 3. The highest BCUT2D eigenvalue weighted by Gasteiger charge is 2.45. The molecule has 0 radical (unpaired) electrons. The number of hydrogen-bond donors (Lipinski definition) is 2. The molecule has 1 aliphatic heterocycles. The van der Waals surface area contributed by atoms with Gasteiger partial charge in [0.1, 0.15) is 5.82 Å². The second-order valence-electron chi connectivity index (χ2n) is 6.91. The van der Waals surface area contributed by atoms with E-state index in [2.05, 4.69) is 10.6 Å². The predicted molar refractivity (Wildman–Crippen MR) is 88.8 cm³/mol. The summed E-state index contributed by atoms with van der Waals surface area (Å²) >= 11 is 0. The van der Waals surface area contributed by atoms with E-state index in [9.17, 15) is 14.0 Å². The average Bonchev–Trinajstić information content (AvgIpc) is 2.84. The lowest BCUT2D eigenvalue weighted by atomic mass is 9.78. The third-order valence-electron chi connectivity index (χ3n) is 5.48. The van der Waals surface area contributed by atoms with E-state index < -0.39 is 0 Å². The van der Waals surface area contributed by atoms with Crippen molar-refractivity contribution in [3.8, 4) is 0 Å². The van der Waals surface area contributed by atoms with Crippen LogP contribution in [-0.2, 0) is 11.3 Å². The maximum atomic E-state index is 13.1. The monoisotopic (exact) mass is 333 g/mol. The van der Waals surface area contributed by atoms with Crippen LogP contribution in [0.5, 0.6) is 0 Å². The van der Waals surface area contributed by atoms with Gasteiger partial charge in [0, 0.05) is 31.6 Å². The first kappa shape index (κ1) is 16.7. The highest BCUT2D eigenvalue weighted by atomic mass is 19.1. The van der Waals surface area contributed by atoms with E-state index in [4.69, 9.17) is 0 Å². The number of nitrogens with one attached hydrogen (secondary N) is 2. The van der Waals surface area contributed by atoms with Gasteiger partial charge in [-0.3, -0.25) is 4.79 Å². The highest BCUT2D eigenvalue weighted by Crippen LogP contribution is 2.41. The average molecular weight is 333 g/mol. The lowest BCUT2D eigenvalue weighted by Gasteiger charge is -2.42. The molecule has 0 unspecified atom stereocenters. The minimum absolute atomic E-state index is 0.00725. The molecule has 1 spiro atoms. The molecule has 2 aliphatic rings. The zero-order valence-corrected chi connectivity index (χ0v) is 14.0. The molecule has 1 aliphatic carbocycles. The van der Waals surface area contributed by atoms with Gasteiger partial charge in [-0.05, 0) is 49.8 Å². The second-order valence-corrected chi connectivity index (χ2v) is 6.91. The molecular weight excluding hydrogens is 309 g/mol. The molecule has 1 aromatic rings. The number of nitrogens with zero attached hydrogens (tertiary/aromatic N) is 1. The van der Waals surface area contributed by atoms with Gasteiger partial charge in [-0.15, -0.1) is 0 Å². The van der Waals surface area contributed by atoms with E-state index in [1.165, 1.54) is 12.1 Å². The van der Waals surface area contributed by atoms with Crippen LogP contribution in [0.15, 0.2) is 24.3 Å². The van der Waals surface area contributed by atoms with Crippen LogP contribution in [0.3, 0.4) is 0 Å². The van der Waals surface area contributed by atoms with Crippen molar-refractivity contribution in [2.75, 3.05) is 7.05 Å². The molecule has 1 heterocycles. The van der Waals surface area contributed by atoms with Gasteiger partial charge in [0.15, 0.2) is 0 Å². The third-order valence-corrected chi connectivity index (χ3v) is 5.48. The zero-order valence-electron chi connectivity index (χ0n) is 14.0. The van der Waals surface area contributed by atoms with Gasteiger partial charge in [0.2, 0.25) is 5.91 Å². The number of benzene rings is 1. The summed E-state index contributed by atoms with van der Waals surface area (Å²) in [4.78, 5) is 25.7. The normalized spacial score (nSPS) is 26.7. The Morgan fingerprint density at radius 2 is 2.08 bits per heavy atom. The number of carbonyl (C=O) groups excluding carboxylic acids is 2. The van der Waals surface area contributed by atoms with E-state index in [0.717, 1.165) is 37.7 Å². The fraction of sp³-hybridized carbons (Fsp3) is 0.556. The zero-order chi connectivity index (χ0) is 17.2. The molecule has 2 N–H and O–H groups in total. The molecule has 2 fully saturated rings. The number of halogens is 1. The van der Waals surface area contributed by atoms with Crippen molar-refractivity contribution >= 4 is 11.9 Å². The standard InChI is InChI=1S/C18H24FN3O2/c1-22-16(23)7-10-18(22)8-5-15(6-9-18)21-17(24)20-12-13-3-2-4-14(19)11-13/h2-4,11,15H,5-10,12H2,1H3,(H2,20,21,24). The van der Waals surface area contributed by atoms with Crippen molar-refractivity contribution < 1.29 is 14.0 Å². The Kier molecular flexibility index (Phi) is 4.73. The van der Waals surface area contributed by atoms with Gasteiger partial charge >= 0.3 is 6.03 Å². The summed E-state index contributed by atoms with van der Waals surface area (Å²) < 4.78 is 13.1. The molecule has 0 aromatic heterocycles. The Morgan fingerprint density at radius 1 is 1.33 bits per heavy atom. The van der Waals surface area contributed by atoms with Gasteiger partial charge in [0.25, 0.3) is 0 Å². The summed E-state index contributed by atoms with van der Waals surface area (Å²) in [6.07, 6.45) is 5.20. The van der Waals surface area contributed by atoms with Gasteiger partial charge < -0.3 is 15.5 Å². The second kappa shape index (κ2) is 6.79. The van der Waals surface area contributed by atoms with Crippen LogP contribution < -0.4 is 10.6 Å². The topological polar surface area (TPSA) is 61.4 Å². The maximum Gasteiger partial charge on any atom is 0.315 e. The number of hydrogen-bond acceptors (Lipinski definition) is 2. The van der Waals surface area contributed by atoms with E-state index in [0.29, 0.717) is 13.0 Å². The molecule has 130 valence electrons. The molecule has 3 rings (SSSR count). The molecule has 6 heteroatoms. The fourth-order valence-electron chi connectivity index (χ4n) is 3.89. The van der Waals surface area contributed by atoms with Crippen molar-refractivity contribution in [1.82, 2.24) is 15.5 Å². The van der Waals surface area contributed by atoms with Gasteiger partial charge in [-0.25, -0.2) is 9.18 Å². The van der Waals surface area contributed by atoms with Crippen molar-refractivity contribution in [1.29, 1.82) is 0 Å². The van der Waals surface area contributed by atoms with Gasteiger partial charge in [0.05, 0.1) is 0 Å². The summed E-state index contributed by atoms with van der Waals surface area (Å²) in [6, 6.07) is 6.11. The van der Waals surface area contributed by atoms with Crippen LogP contribution in [0.1, 0.15) is 44.1 Å². The predicted octanol–water partition coefficient (Wildman–Crippen LogP) is 2.56. The Morgan fingerprint density at radius 3 is 2.71 bits per heavy atom. The molecule has 3 amide bonds. The smallest absolute Gasteiger partial charge is 0.315 e. The lowest BCUT2D eigenvalue weighted by Crippen LogP contribution is -2.51. The summed E-state index contributed by atoms with van der Waals surface area (Å²) in [5, 5.41) is 5.76. The molecule has 1 saturated heterocycles. The first-order valence-corrected chi connectivity index (χ1v) is 8.54. The maximum absolute atomic E-state index is 13.1. The minimum atomic E-state index is -0.303. The Bertz CT molecular complexity index is 626. The van der Waals surface area contributed by atoms with E-state index in [1.54, 1.807) is 12.1 Å². The summed E-state index contributed by atoms with van der Waals surface area (Å²) in [5.74, 6) is -0.0724. The SMILES string of the molecule is CN1C(=O)CCC12CCC(NC(=O)NCc1cccc(F)c1)CC2. The van der Waals surface area contributed by atoms with Crippen LogP contribution >= 0.6 is 0 Å². The van der Waals surface area contributed by atoms with Crippen molar-refractivity contribution in [2.24, 2.45) is 0 Å². The largest absolute Gasteiger partial charge is 0.340 e. The van der Waals surface area contributed by atoms with Crippen LogP contribution in [0.2, 0.25) is 0 Å². The first-order chi connectivity index (χ1) is 11.5. The van der Waals surface area contributed by atoms with Crippen molar-refractivity contribution in [3.05, 3.63) is 35.6 Å². The molecule has 0 atom stereocenters. The Hall–Kier alpha value is -2.11. The third kappa shape index (κ3) is 3.52. The van der Waals surface area contributed by atoms with Crippen LogP contribution in [0, 0.1) is 5.82 Å². The molecule has 24 heavy (non-hydrogen) atoms. The molecule has 1 saturated carbocycles. The van der Waals surface area contributed by atoms with Crippen molar-refractivity contribution in [2.45, 2.75) is 56.7 Å². The number of carbonyl (C=O) groups is 2. The number of likely N-dealkylation sites (tertiary alicyclic amines) is 1. The fourth-order valence-corrected chi connectivity index (χ4v) is 3.89. The Balaban J connectivity index is 1.44. The van der Waals surface area contributed by atoms with Crippen LogP contribution in [-0.4, -0.2) is 35.5 Å². The van der Waals surface area contributed by atoms with E-state index in [1.807, 2.05) is 11.9 Å². The quantitative estimate of drug-likeness (QED) is 0.893. The van der Waals surface area contributed by atoms with Crippen molar-refractivity contribution in [3.63, 3.8) is 0 Å². The van der Waals surface area contributed by atoms with Gasteiger partial charge in [-0.1, -0.05) is 12.1 Å². The number of urea groups is 1. The first-order valence-electron chi connectivity index (χ1n) is 8.54. The van der Waals surface area contributed by atoms with E-state index >= 15 is 0 Å². The molecule has 0 bridgehead atoms. The number of rotatable bonds is 3. The van der Waals surface area contributed by atoms with Gasteiger partial charge in [-0.2, -0.15) is 0 Å². The van der Waals surface area contributed by atoms with Crippen LogP contribution in [0.25, 0.3) is 0 Å². The summed E-state index contributed by atoms with van der Waals surface area (Å²) in [5.41, 5.74) is 0.742. The summed E-state index contributed by atoms with van der Waals surface area (Å²) in [6.45, 7) is 0.303. The molecule has 1 aromatic carbocycles. The molecular formula is C18H24FN3O2. The Labute approximate surface area is 141 Å². The lowest BCUT2D eigenvalue weighted by molar-refractivity contribution is -0.130. The van der Waals surface area contributed by atoms with E-state index in [-0.39, 0.29) is 29.3 Å².